The number of benzene rings is 2. The SMILES string of the molecule is CCN(CC1COc2ccccc2O1)C(=O)c1ccc2c(=O)n3c(nc2c1)CCC3. The summed E-state index contributed by atoms with van der Waals surface area (Å²) >= 11 is 0. The van der Waals surface area contributed by atoms with Gasteiger partial charge >= 0.3 is 0 Å². The van der Waals surface area contributed by atoms with Gasteiger partial charge in [0.1, 0.15) is 12.4 Å². The lowest BCUT2D eigenvalue weighted by Crippen LogP contribution is -2.43. The molecule has 0 spiro atoms. The van der Waals surface area contributed by atoms with Crippen LogP contribution in [0.2, 0.25) is 0 Å². The molecule has 154 valence electrons. The molecule has 1 atom stereocenters. The zero-order chi connectivity index (χ0) is 20.7. The molecule has 0 bridgehead atoms. The molecule has 3 aromatic rings. The van der Waals surface area contributed by atoms with Crippen LogP contribution in [0.15, 0.2) is 47.3 Å². The Morgan fingerprint density at radius 1 is 1.23 bits per heavy atom. The van der Waals surface area contributed by atoms with Gasteiger partial charge in [-0.2, -0.15) is 0 Å². The van der Waals surface area contributed by atoms with Crippen molar-refractivity contribution in [1.82, 2.24) is 14.5 Å². The zero-order valence-corrected chi connectivity index (χ0v) is 16.8. The molecule has 2 aliphatic heterocycles. The minimum absolute atomic E-state index is 0.0229. The Morgan fingerprint density at radius 2 is 2.07 bits per heavy atom. The van der Waals surface area contributed by atoms with Gasteiger partial charge in [-0.25, -0.2) is 4.98 Å². The number of likely N-dealkylation sites (N-methyl/N-ethyl adjacent to an activating group) is 1. The third kappa shape index (κ3) is 3.20. The molecule has 2 aromatic carbocycles. The van der Waals surface area contributed by atoms with E-state index in [1.165, 1.54) is 0 Å². The number of rotatable bonds is 4. The van der Waals surface area contributed by atoms with Gasteiger partial charge in [0.15, 0.2) is 17.6 Å². The summed E-state index contributed by atoms with van der Waals surface area (Å²) in [4.78, 5) is 32.2. The first kappa shape index (κ1) is 18.7. The molecule has 7 nitrogen and oxygen atoms in total. The van der Waals surface area contributed by atoms with Crippen LogP contribution in [0.3, 0.4) is 0 Å². The first-order valence-electron chi connectivity index (χ1n) is 10.4. The first-order chi connectivity index (χ1) is 14.6. The van der Waals surface area contributed by atoms with Gasteiger partial charge in [-0.05, 0) is 43.7 Å². The number of hydrogen-bond donors (Lipinski definition) is 0. The Balaban J connectivity index is 1.38. The highest BCUT2D eigenvalue weighted by Gasteiger charge is 2.26. The van der Waals surface area contributed by atoms with Gasteiger partial charge in [0, 0.05) is 25.1 Å². The molecule has 0 saturated heterocycles. The van der Waals surface area contributed by atoms with Gasteiger partial charge in [-0.15, -0.1) is 0 Å². The van der Waals surface area contributed by atoms with E-state index in [9.17, 15) is 9.59 Å². The van der Waals surface area contributed by atoms with Crippen molar-refractivity contribution in [2.75, 3.05) is 19.7 Å². The van der Waals surface area contributed by atoms with Crippen molar-refractivity contribution in [2.24, 2.45) is 0 Å². The van der Waals surface area contributed by atoms with Crippen LogP contribution in [0.25, 0.3) is 10.9 Å². The molecule has 1 aromatic heterocycles. The lowest BCUT2D eigenvalue weighted by atomic mass is 10.1. The fourth-order valence-electron chi connectivity index (χ4n) is 4.15. The number of hydrogen-bond acceptors (Lipinski definition) is 5. The summed E-state index contributed by atoms with van der Waals surface area (Å²) in [6.07, 6.45) is 1.49. The first-order valence-corrected chi connectivity index (χ1v) is 10.4. The Morgan fingerprint density at radius 3 is 2.90 bits per heavy atom. The number of carbonyl (C=O) groups is 1. The van der Waals surface area contributed by atoms with Gasteiger partial charge in [0.25, 0.3) is 11.5 Å². The standard InChI is InChI=1S/C23H23N3O4/c1-2-25(13-16-14-29-19-6-3-4-7-20(19)30-16)22(27)15-9-10-17-18(12-15)24-21-8-5-11-26(21)23(17)28/h3-4,6-7,9-10,12,16H,2,5,8,11,13-14H2,1H3. The van der Waals surface area contributed by atoms with E-state index < -0.39 is 0 Å². The molecule has 1 amide bonds. The third-order valence-corrected chi connectivity index (χ3v) is 5.72. The Hall–Kier alpha value is -3.35. The summed E-state index contributed by atoms with van der Waals surface area (Å²) in [5.41, 5.74) is 1.09. The van der Waals surface area contributed by atoms with E-state index in [2.05, 4.69) is 4.98 Å². The normalized spacial score (nSPS) is 17.0. The maximum absolute atomic E-state index is 13.2. The van der Waals surface area contributed by atoms with Crippen LogP contribution in [-0.4, -0.2) is 46.2 Å². The van der Waals surface area contributed by atoms with Gasteiger partial charge < -0.3 is 14.4 Å². The molecule has 30 heavy (non-hydrogen) atoms. The number of para-hydroxylation sites is 2. The molecule has 0 N–H and O–H groups in total. The zero-order valence-electron chi connectivity index (χ0n) is 16.8. The fourth-order valence-corrected chi connectivity index (χ4v) is 4.15. The average Bonchev–Trinajstić information content (AvgIpc) is 3.25. The summed E-state index contributed by atoms with van der Waals surface area (Å²) in [5.74, 6) is 2.11. The molecule has 7 heteroatoms. The van der Waals surface area contributed by atoms with Crippen molar-refractivity contribution in [3.63, 3.8) is 0 Å². The van der Waals surface area contributed by atoms with Gasteiger partial charge in [0.05, 0.1) is 17.4 Å². The molecule has 5 rings (SSSR count). The Bertz CT molecular complexity index is 1190. The lowest BCUT2D eigenvalue weighted by Gasteiger charge is -2.31. The average molecular weight is 405 g/mol. The largest absolute Gasteiger partial charge is 0.486 e. The molecule has 0 radical (unpaired) electrons. The second-order valence-corrected chi connectivity index (χ2v) is 7.66. The Kier molecular flexibility index (Phi) is 4.65. The van der Waals surface area contributed by atoms with Gasteiger partial charge in [-0.3, -0.25) is 14.2 Å². The van der Waals surface area contributed by atoms with Gasteiger partial charge in [-0.1, -0.05) is 12.1 Å². The lowest BCUT2D eigenvalue weighted by molar-refractivity contribution is 0.0475. The molecule has 0 fully saturated rings. The molecular formula is C23H23N3O4. The third-order valence-electron chi connectivity index (χ3n) is 5.72. The number of nitrogens with zero attached hydrogens (tertiary/aromatic N) is 3. The minimum Gasteiger partial charge on any atom is -0.486 e. The van der Waals surface area contributed by atoms with Crippen LogP contribution < -0.4 is 15.0 Å². The number of ether oxygens (including phenoxy) is 2. The summed E-state index contributed by atoms with van der Waals surface area (Å²) in [6, 6.07) is 12.7. The van der Waals surface area contributed by atoms with Crippen LogP contribution >= 0.6 is 0 Å². The van der Waals surface area contributed by atoms with Gasteiger partial charge in [0.2, 0.25) is 0 Å². The number of carbonyl (C=O) groups excluding carboxylic acids is 1. The molecule has 0 saturated carbocycles. The molecule has 3 heterocycles. The van der Waals surface area contributed by atoms with E-state index in [1.54, 1.807) is 27.7 Å². The maximum Gasteiger partial charge on any atom is 0.261 e. The van der Waals surface area contributed by atoms with E-state index in [0.717, 1.165) is 24.4 Å². The van der Waals surface area contributed by atoms with E-state index in [1.807, 2.05) is 31.2 Å². The molecule has 2 aliphatic rings. The summed E-state index contributed by atoms with van der Waals surface area (Å²) in [7, 11) is 0. The van der Waals surface area contributed by atoms with Crippen LogP contribution in [0.4, 0.5) is 0 Å². The van der Waals surface area contributed by atoms with E-state index >= 15 is 0 Å². The second kappa shape index (κ2) is 7.48. The number of amides is 1. The fraction of sp³-hybridized carbons (Fsp3) is 0.348. The van der Waals surface area contributed by atoms with Crippen molar-refractivity contribution >= 4 is 16.8 Å². The highest BCUT2D eigenvalue weighted by molar-refractivity contribution is 5.97. The highest BCUT2D eigenvalue weighted by Crippen LogP contribution is 2.31. The van der Waals surface area contributed by atoms with Crippen LogP contribution in [0, 0.1) is 0 Å². The summed E-state index contributed by atoms with van der Waals surface area (Å²) in [5, 5.41) is 0.556. The molecular weight excluding hydrogens is 382 g/mol. The quantitative estimate of drug-likeness (QED) is 0.667. The van der Waals surface area contributed by atoms with E-state index in [4.69, 9.17) is 9.47 Å². The summed E-state index contributed by atoms with van der Waals surface area (Å²) in [6.45, 7) is 4.01. The summed E-state index contributed by atoms with van der Waals surface area (Å²) < 4.78 is 13.5. The predicted molar refractivity (Wildman–Crippen MR) is 112 cm³/mol. The van der Waals surface area contributed by atoms with Crippen molar-refractivity contribution < 1.29 is 14.3 Å². The Labute approximate surface area is 173 Å². The number of aryl methyl sites for hydroxylation is 1. The van der Waals surface area contributed by atoms with E-state index in [-0.39, 0.29) is 17.6 Å². The smallest absolute Gasteiger partial charge is 0.261 e. The van der Waals surface area contributed by atoms with Crippen molar-refractivity contribution in [3.8, 4) is 11.5 Å². The van der Waals surface area contributed by atoms with Crippen LogP contribution in [-0.2, 0) is 13.0 Å². The molecule has 1 unspecified atom stereocenters. The predicted octanol–water partition coefficient (Wildman–Crippen LogP) is 2.64. The second-order valence-electron chi connectivity index (χ2n) is 7.66. The number of aromatic nitrogens is 2. The van der Waals surface area contributed by atoms with E-state index in [0.29, 0.717) is 48.5 Å². The van der Waals surface area contributed by atoms with Crippen LogP contribution in [0.5, 0.6) is 11.5 Å². The topological polar surface area (TPSA) is 73.7 Å². The van der Waals surface area contributed by atoms with Crippen molar-refractivity contribution in [3.05, 3.63) is 64.2 Å². The maximum atomic E-state index is 13.2. The number of fused-ring (bicyclic) bond motifs is 3. The van der Waals surface area contributed by atoms with Crippen molar-refractivity contribution in [2.45, 2.75) is 32.4 Å². The van der Waals surface area contributed by atoms with Crippen molar-refractivity contribution in [1.29, 1.82) is 0 Å². The minimum atomic E-state index is -0.240. The highest BCUT2D eigenvalue weighted by atomic mass is 16.6. The van der Waals surface area contributed by atoms with Crippen LogP contribution in [0.1, 0.15) is 29.5 Å². The molecule has 0 aliphatic carbocycles. The monoisotopic (exact) mass is 405 g/mol.